The second kappa shape index (κ2) is 4.95. The molecule has 2 atom stereocenters. The Morgan fingerprint density at radius 1 is 1.58 bits per heavy atom. The van der Waals surface area contributed by atoms with Crippen LogP contribution in [0.2, 0.25) is 0 Å². The Morgan fingerprint density at radius 2 is 2.26 bits per heavy atom. The van der Waals surface area contributed by atoms with E-state index in [0.29, 0.717) is 13.0 Å². The number of aromatic nitrogens is 1. The summed E-state index contributed by atoms with van der Waals surface area (Å²) in [4.78, 5) is 10.9. The van der Waals surface area contributed by atoms with E-state index in [1.807, 2.05) is 0 Å². The molecule has 1 fully saturated rings. The normalized spacial score (nSPS) is 23.7. The summed E-state index contributed by atoms with van der Waals surface area (Å²) in [5.41, 5.74) is -0.0731. The minimum atomic E-state index is -3.73. The van der Waals surface area contributed by atoms with Crippen LogP contribution in [0.5, 0.6) is 0 Å². The highest BCUT2D eigenvalue weighted by Gasteiger charge is 2.30. The number of nitrogens with one attached hydrogen (secondary N) is 1. The maximum absolute atomic E-state index is 12.1. The van der Waals surface area contributed by atoms with Crippen LogP contribution in [0.3, 0.4) is 0 Å². The van der Waals surface area contributed by atoms with Crippen molar-refractivity contribution >= 4 is 16.0 Å². The summed E-state index contributed by atoms with van der Waals surface area (Å²) in [6.45, 7) is 2.32. The van der Waals surface area contributed by atoms with Gasteiger partial charge in [0.2, 0.25) is 10.0 Å². The van der Waals surface area contributed by atoms with Crippen molar-refractivity contribution in [3.63, 3.8) is 0 Å². The van der Waals surface area contributed by atoms with Gasteiger partial charge in [-0.1, -0.05) is 0 Å². The van der Waals surface area contributed by atoms with E-state index >= 15 is 0 Å². The smallest absolute Gasteiger partial charge is 0.352 e. The molecule has 2 N–H and O–H groups in total. The van der Waals surface area contributed by atoms with Crippen molar-refractivity contribution in [2.75, 3.05) is 6.61 Å². The standard InChI is InChI=1S/C11H16N2O5S/c1-7-9(3-4-18-7)12-19(16,17)8-5-10(11(14)15)13(2)6-8/h5-7,9,12H,3-4H2,1-2H3,(H,14,15). The summed E-state index contributed by atoms with van der Waals surface area (Å²) in [7, 11) is -2.24. The highest BCUT2D eigenvalue weighted by molar-refractivity contribution is 7.89. The Hall–Kier alpha value is -1.38. The molecule has 19 heavy (non-hydrogen) atoms. The SMILES string of the molecule is CC1OCCC1NS(=O)(=O)c1cc(C(=O)O)n(C)c1. The summed E-state index contributed by atoms with van der Waals surface area (Å²) in [6, 6.07) is 0.865. The second-order valence-electron chi connectivity index (χ2n) is 4.57. The predicted molar refractivity (Wildman–Crippen MR) is 66.5 cm³/mol. The van der Waals surface area contributed by atoms with Gasteiger partial charge in [-0.2, -0.15) is 0 Å². The van der Waals surface area contributed by atoms with Crippen molar-refractivity contribution in [3.8, 4) is 0 Å². The number of ether oxygens (including phenoxy) is 1. The van der Waals surface area contributed by atoms with E-state index in [-0.39, 0.29) is 22.7 Å². The molecule has 1 saturated heterocycles. The number of hydrogen-bond acceptors (Lipinski definition) is 4. The van der Waals surface area contributed by atoms with Crippen molar-refractivity contribution in [3.05, 3.63) is 18.0 Å². The summed E-state index contributed by atoms with van der Waals surface area (Å²) >= 11 is 0. The molecule has 8 heteroatoms. The number of aromatic carboxylic acids is 1. The molecule has 0 spiro atoms. The van der Waals surface area contributed by atoms with Crippen LogP contribution in [-0.2, 0) is 21.8 Å². The first-order chi connectivity index (χ1) is 8.81. The molecule has 0 saturated carbocycles. The Bertz CT molecular complexity index is 592. The third-order valence-electron chi connectivity index (χ3n) is 3.19. The first kappa shape index (κ1) is 14.0. The molecule has 7 nitrogen and oxygen atoms in total. The van der Waals surface area contributed by atoms with Gasteiger partial charge in [0.25, 0.3) is 0 Å². The first-order valence-electron chi connectivity index (χ1n) is 5.85. The van der Waals surface area contributed by atoms with Crippen LogP contribution >= 0.6 is 0 Å². The molecule has 2 unspecified atom stereocenters. The van der Waals surface area contributed by atoms with E-state index in [2.05, 4.69) is 4.72 Å². The Morgan fingerprint density at radius 3 is 2.74 bits per heavy atom. The zero-order chi connectivity index (χ0) is 14.2. The van der Waals surface area contributed by atoms with Gasteiger partial charge < -0.3 is 14.4 Å². The zero-order valence-corrected chi connectivity index (χ0v) is 11.5. The summed E-state index contributed by atoms with van der Waals surface area (Å²) in [5.74, 6) is -1.17. The minimum absolute atomic E-state index is 0.0495. The fraction of sp³-hybridized carbons (Fsp3) is 0.545. The summed E-state index contributed by atoms with van der Waals surface area (Å²) < 4.78 is 33.4. The first-order valence-corrected chi connectivity index (χ1v) is 7.33. The number of carbonyl (C=O) groups is 1. The van der Waals surface area contributed by atoms with Gasteiger partial charge in [-0.05, 0) is 19.4 Å². The molecule has 0 aromatic carbocycles. The molecule has 1 aromatic rings. The van der Waals surface area contributed by atoms with E-state index < -0.39 is 16.0 Å². The minimum Gasteiger partial charge on any atom is -0.477 e. The Balaban J connectivity index is 2.24. The van der Waals surface area contributed by atoms with E-state index in [1.54, 1.807) is 6.92 Å². The average Bonchev–Trinajstić information content (AvgIpc) is 2.86. The number of sulfonamides is 1. The Kier molecular flexibility index (Phi) is 3.66. The van der Waals surface area contributed by atoms with Crippen LogP contribution < -0.4 is 4.72 Å². The molecule has 2 rings (SSSR count). The largest absolute Gasteiger partial charge is 0.477 e. The van der Waals surface area contributed by atoms with Crippen LogP contribution in [0.25, 0.3) is 0 Å². The van der Waals surface area contributed by atoms with E-state index in [1.165, 1.54) is 17.8 Å². The molecule has 1 aliphatic rings. The lowest BCUT2D eigenvalue weighted by Crippen LogP contribution is -2.38. The van der Waals surface area contributed by atoms with Crippen LogP contribution in [0.1, 0.15) is 23.8 Å². The fourth-order valence-corrected chi connectivity index (χ4v) is 3.46. The molecular formula is C11H16N2O5S. The number of rotatable bonds is 4. The monoisotopic (exact) mass is 288 g/mol. The number of carboxylic acids is 1. The molecule has 2 heterocycles. The summed E-state index contributed by atoms with van der Waals surface area (Å²) in [6.07, 6.45) is 1.71. The lowest BCUT2D eigenvalue weighted by atomic mass is 10.2. The topological polar surface area (TPSA) is 97.6 Å². The van der Waals surface area contributed by atoms with E-state index in [0.717, 1.165) is 6.07 Å². The van der Waals surface area contributed by atoms with Gasteiger partial charge in [-0.25, -0.2) is 17.9 Å². The average molecular weight is 288 g/mol. The lowest BCUT2D eigenvalue weighted by molar-refractivity contribution is 0.0686. The number of hydrogen-bond donors (Lipinski definition) is 2. The molecule has 1 aromatic heterocycles. The van der Waals surface area contributed by atoms with Gasteiger partial charge in [-0.3, -0.25) is 0 Å². The zero-order valence-electron chi connectivity index (χ0n) is 10.7. The van der Waals surface area contributed by atoms with Crippen LogP contribution in [-0.4, -0.2) is 42.8 Å². The van der Waals surface area contributed by atoms with Gasteiger partial charge in [0.05, 0.1) is 12.1 Å². The molecular weight excluding hydrogens is 272 g/mol. The van der Waals surface area contributed by atoms with Gasteiger partial charge in [-0.15, -0.1) is 0 Å². The third-order valence-corrected chi connectivity index (χ3v) is 4.65. The quantitative estimate of drug-likeness (QED) is 0.823. The number of nitrogens with zero attached hydrogens (tertiary/aromatic N) is 1. The predicted octanol–water partition coefficient (Wildman–Crippen LogP) is 0.179. The maximum atomic E-state index is 12.1. The van der Waals surface area contributed by atoms with Crippen molar-refractivity contribution in [1.82, 2.24) is 9.29 Å². The van der Waals surface area contributed by atoms with Crippen molar-refractivity contribution in [2.24, 2.45) is 7.05 Å². The molecule has 1 aliphatic heterocycles. The van der Waals surface area contributed by atoms with Gasteiger partial charge in [0.15, 0.2) is 0 Å². The molecule has 106 valence electrons. The second-order valence-corrected chi connectivity index (χ2v) is 6.28. The molecule has 0 bridgehead atoms. The maximum Gasteiger partial charge on any atom is 0.352 e. The molecule has 0 aliphatic carbocycles. The van der Waals surface area contributed by atoms with Crippen LogP contribution in [0.15, 0.2) is 17.2 Å². The van der Waals surface area contributed by atoms with Crippen molar-refractivity contribution < 1.29 is 23.1 Å². The Labute approximate surface area is 111 Å². The highest BCUT2D eigenvalue weighted by atomic mass is 32.2. The fourth-order valence-electron chi connectivity index (χ4n) is 2.05. The third kappa shape index (κ3) is 2.80. The molecule has 0 radical (unpaired) electrons. The van der Waals surface area contributed by atoms with Gasteiger partial charge >= 0.3 is 5.97 Å². The van der Waals surface area contributed by atoms with E-state index in [9.17, 15) is 13.2 Å². The van der Waals surface area contributed by atoms with Gasteiger partial charge in [0, 0.05) is 19.9 Å². The van der Waals surface area contributed by atoms with Crippen LogP contribution in [0, 0.1) is 0 Å². The lowest BCUT2D eigenvalue weighted by Gasteiger charge is -2.15. The van der Waals surface area contributed by atoms with Gasteiger partial charge in [0.1, 0.15) is 10.6 Å². The van der Waals surface area contributed by atoms with Crippen molar-refractivity contribution in [2.45, 2.75) is 30.4 Å². The van der Waals surface area contributed by atoms with E-state index in [4.69, 9.17) is 9.84 Å². The number of aryl methyl sites for hydroxylation is 1. The molecule has 0 amide bonds. The highest BCUT2D eigenvalue weighted by Crippen LogP contribution is 2.18. The summed E-state index contributed by atoms with van der Waals surface area (Å²) in [5, 5.41) is 8.91. The number of carboxylic acid groups (broad SMARTS) is 1. The van der Waals surface area contributed by atoms with Crippen molar-refractivity contribution in [1.29, 1.82) is 0 Å². The van der Waals surface area contributed by atoms with Crippen LogP contribution in [0.4, 0.5) is 0 Å².